The number of benzene rings is 1. The van der Waals surface area contributed by atoms with Crippen LogP contribution in [-0.4, -0.2) is 69.9 Å². The Hall–Kier alpha value is -3.67. The molecular formula is C23H26F3N7O2. The lowest BCUT2D eigenvalue weighted by molar-refractivity contribution is -0.141. The predicted octanol–water partition coefficient (Wildman–Crippen LogP) is 3.06. The third-order valence-electron chi connectivity index (χ3n) is 5.48. The normalized spacial score (nSPS) is 14.7. The third-order valence-corrected chi connectivity index (χ3v) is 5.48. The number of nitrogens with zero attached hydrogens (tertiary/aromatic N) is 6. The lowest BCUT2D eigenvalue weighted by Gasteiger charge is -2.34. The number of rotatable bonds is 7. The van der Waals surface area contributed by atoms with Crippen molar-refractivity contribution < 1.29 is 22.7 Å². The van der Waals surface area contributed by atoms with Crippen molar-refractivity contribution in [2.45, 2.75) is 13.1 Å². The molecule has 0 atom stereocenters. The highest BCUT2D eigenvalue weighted by Crippen LogP contribution is 2.32. The summed E-state index contributed by atoms with van der Waals surface area (Å²) in [4.78, 5) is 24.2. The first-order valence-corrected chi connectivity index (χ1v) is 11.2. The third kappa shape index (κ3) is 6.27. The van der Waals surface area contributed by atoms with E-state index in [0.717, 1.165) is 11.8 Å². The quantitative estimate of drug-likeness (QED) is 0.546. The second kappa shape index (κ2) is 10.3. The topological polar surface area (TPSA) is 88.4 Å². The fourth-order valence-corrected chi connectivity index (χ4v) is 3.73. The van der Waals surface area contributed by atoms with Gasteiger partial charge in [-0.25, -0.2) is 9.97 Å². The number of aromatic nitrogens is 4. The number of halogens is 3. The highest BCUT2D eigenvalue weighted by Gasteiger charge is 2.35. The monoisotopic (exact) mass is 489 g/mol. The van der Waals surface area contributed by atoms with Gasteiger partial charge in [-0.3, -0.25) is 14.4 Å². The van der Waals surface area contributed by atoms with Gasteiger partial charge in [0.2, 0.25) is 11.9 Å². The van der Waals surface area contributed by atoms with Gasteiger partial charge in [-0.05, 0) is 37.3 Å². The molecule has 4 rings (SSSR count). The van der Waals surface area contributed by atoms with Gasteiger partial charge in [0.05, 0.1) is 25.0 Å². The molecule has 1 amide bonds. The molecule has 1 N–H and O–H groups in total. The number of carbonyl (C=O) groups excluding carboxylic acids is 1. The Morgan fingerprint density at radius 1 is 1.11 bits per heavy atom. The molecule has 1 aliphatic rings. The van der Waals surface area contributed by atoms with Gasteiger partial charge in [-0.15, -0.1) is 0 Å². The first kappa shape index (κ1) is 24.5. The largest absolute Gasteiger partial charge is 0.494 e. The smallest absolute Gasteiger partial charge is 0.433 e. The Kier molecular flexibility index (Phi) is 7.20. The van der Waals surface area contributed by atoms with Gasteiger partial charge in [0.15, 0.2) is 5.69 Å². The van der Waals surface area contributed by atoms with Gasteiger partial charge in [0, 0.05) is 50.7 Å². The van der Waals surface area contributed by atoms with Crippen LogP contribution in [0.2, 0.25) is 0 Å². The fraction of sp³-hybridized carbons (Fsp3) is 0.391. The van der Waals surface area contributed by atoms with Crippen molar-refractivity contribution in [3.8, 4) is 17.0 Å². The summed E-state index contributed by atoms with van der Waals surface area (Å²) < 4.78 is 47.4. The molecular weight excluding hydrogens is 463 g/mol. The maximum absolute atomic E-state index is 13.5. The van der Waals surface area contributed by atoms with Crippen LogP contribution in [0.25, 0.3) is 11.3 Å². The lowest BCUT2D eigenvalue weighted by atomic mass is 10.2. The summed E-state index contributed by atoms with van der Waals surface area (Å²) in [5, 5.41) is 6.86. The van der Waals surface area contributed by atoms with Crippen molar-refractivity contribution in [3.63, 3.8) is 0 Å². The Morgan fingerprint density at radius 2 is 1.83 bits per heavy atom. The molecule has 1 saturated heterocycles. The van der Waals surface area contributed by atoms with Crippen LogP contribution >= 0.6 is 0 Å². The maximum Gasteiger partial charge on any atom is 0.433 e. The summed E-state index contributed by atoms with van der Waals surface area (Å²) in [6, 6.07) is 8.04. The van der Waals surface area contributed by atoms with E-state index in [1.165, 1.54) is 10.9 Å². The summed E-state index contributed by atoms with van der Waals surface area (Å²) in [5.74, 6) is 0.569. The molecule has 3 heterocycles. The number of carbonyl (C=O) groups is 1. The standard InChI is InChI=1S/C23H26F3N7O2/c1-3-35-18-6-4-17(5-7-18)28-21(34)15-32-8-10-33(11-9-32)22-29-19(16-13-27-31(2)14-16)12-20(30-22)23(24,25)26/h4-7,12-14H,3,8-11,15H2,1-2H3,(H,28,34). The predicted molar refractivity (Wildman–Crippen MR) is 124 cm³/mol. The van der Waals surface area contributed by atoms with Crippen LogP contribution in [0.15, 0.2) is 42.7 Å². The molecule has 12 heteroatoms. The van der Waals surface area contributed by atoms with Crippen molar-refractivity contribution >= 4 is 17.5 Å². The second-order valence-electron chi connectivity index (χ2n) is 8.11. The maximum atomic E-state index is 13.5. The molecule has 0 bridgehead atoms. The number of amides is 1. The van der Waals surface area contributed by atoms with E-state index in [2.05, 4.69) is 20.4 Å². The average Bonchev–Trinajstić information content (AvgIpc) is 3.26. The zero-order valence-electron chi connectivity index (χ0n) is 19.4. The Bertz CT molecular complexity index is 1160. The molecule has 0 radical (unpaired) electrons. The van der Waals surface area contributed by atoms with Crippen molar-refractivity contribution in [2.75, 3.05) is 49.5 Å². The molecule has 3 aromatic rings. The van der Waals surface area contributed by atoms with Gasteiger partial charge in [-0.1, -0.05) is 0 Å². The van der Waals surface area contributed by atoms with E-state index >= 15 is 0 Å². The van der Waals surface area contributed by atoms with Crippen molar-refractivity contribution in [3.05, 3.63) is 48.4 Å². The average molecular weight is 490 g/mol. The number of anilines is 2. The van der Waals surface area contributed by atoms with E-state index in [1.807, 2.05) is 11.8 Å². The molecule has 186 valence electrons. The van der Waals surface area contributed by atoms with Crippen molar-refractivity contribution in [1.82, 2.24) is 24.6 Å². The SMILES string of the molecule is CCOc1ccc(NC(=O)CN2CCN(c3nc(-c4cnn(C)c4)cc(C(F)(F)F)n3)CC2)cc1. The van der Waals surface area contributed by atoms with Crippen LogP contribution in [0.3, 0.4) is 0 Å². The number of alkyl halides is 3. The number of nitrogens with one attached hydrogen (secondary N) is 1. The minimum Gasteiger partial charge on any atom is -0.494 e. The summed E-state index contributed by atoms with van der Waals surface area (Å²) in [7, 11) is 1.68. The van der Waals surface area contributed by atoms with E-state index in [0.29, 0.717) is 44.0 Å². The molecule has 9 nitrogen and oxygen atoms in total. The molecule has 1 fully saturated rings. The first-order valence-electron chi connectivity index (χ1n) is 11.2. The molecule has 1 aromatic carbocycles. The van der Waals surface area contributed by atoms with Crippen molar-refractivity contribution in [2.24, 2.45) is 7.05 Å². The molecule has 0 aliphatic carbocycles. The summed E-state index contributed by atoms with van der Waals surface area (Å²) in [6.07, 6.45) is -1.53. The molecule has 1 aliphatic heterocycles. The molecule has 2 aromatic heterocycles. The number of hydrogen-bond acceptors (Lipinski definition) is 7. The highest BCUT2D eigenvalue weighted by atomic mass is 19.4. The number of aryl methyl sites for hydroxylation is 1. The number of hydrogen-bond donors (Lipinski definition) is 1. The van der Waals surface area contributed by atoms with Gasteiger partial charge in [0.1, 0.15) is 5.75 Å². The van der Waals surface area contributed by atoms with E-state index in [-0.39, 0.29) is 24.1 Å². The fourth-order valence-electron chi connectivity index (χ4n) is 3.73. The van der Waals surface area contributed by atoms with E-state index in [4.69, 9.17) is 4.74 Å². The minimum absolute atomic E-state index is 0.0113. The van der Waals surface area contributed by atoms with E-state index < -0.39 is 11.9 Å². The van der Waals surface area contributed by atoms with Crippen LogP contribution < -0.4 is 15.0 Å². The summed E-state index contributed by atoms with van der Waals surface area (Å²) >= 11 is 0. The van der Waals surface area contributed by atoms with Gasteiger partial charge >= 0.3 is 6.18 Å². The lowest BCUT2D eigenvalue weighted by Crippen LogP contribution is -2.49. The Balaban J connectivity index is 1.38. The van der Waals surface area contributed by atoms with Crippen molar-refractivity contribution in [1.29, 1.82) is 0 Å². The molecule has 0 spiro atoms. The molecule has 0 unspecified atom stereocenters. The van der Waals surface area contributed by atoms with E-state index in [1.54, 1.807) is 42.4 Å². The van der Waals surface area contributed by atoms with Crippen LogP contribution in [-0.2, 0) is 18.0 Å². The van der Waals surface area contributed by atoms with Gasteiger partial charge in [-0.2, -0.15) is 18.3 Å². The number of piperazine rings is 1. The Labute approximate surface area is 200 Å². The van der Waals surface area contributed by atoms with E-state index in [9.17, 15) is 18.0 Å². The first-order chi connectivity index (χ1) is 16.7. The zero-order valence-corrected chi connectivity index (χ0v) is 19.4. The summed E-state index contributed by atoms with van der Waals surface area (Å²) in [6.45, 7) is 4.39. The van der Waals surface area contributed by atoms with Gasteiger partial charge in [0.25, 0.3) is 0 Å². The van der Waals surface area contributed by atoms with Crippen LogP contribution in [0, 0.1) is 0 Å². The second-order valence-corrected chi connectivity index (χ2v) is 8.11. The minimum atomic E-state index is -4.60. The van der Waals surface area contributed by atoms with Crippen LogP contribution in [0.5, 0.6) is 5.75 Å². The van der Waals surface area contributed by atoms with Crippen LogP contribution in [0.4, 0.5) is 24.8 Å². The van der Waals surface area contributed by atoms with Gasteiger partial charge < -0.3 is 15.0 Å². The highest BCUT2D eigenvalue weighted by molar-refractivity contribution is 5.92. The Morgan fingerprint density at radius 3 is 2.43 bits per heavy atom. The number of ether oxygens (including phenoxy) is 1. The van der Waals surface area contributed by atoms with Crippen LogP contribution in [0.1, 0.15) is 12.6 Å². The zero-order chi connectivity index (χ0) is 25.0. The molecule has 0 saturated carbocycles. The summed E-state index contributed by atoms with van der Waals surface area (Å²) in [5.41, 5.74) is 0.301. The molecule has 35 heavy (non-hydrogen) atoms.